The summed E-state index contributed by atoms with van der Waals surface area (Å²) in [7, 11) is 2.02. The van der Waals surface area contributed by atoms with E-state index in [-0.39, 0.29) is 0 Å². The Morgan fingerprint density at radius 2 is 1.62 bits per heavy atom. The number of nitrogens with zero attached hydrogens (tertiary/aromatic N) is 2. The van der Waals surface area contributed by atoms with Crippen molar-refractivity contribution in [1.82, 2.24) is 15.1 Å². The first kappa shape index (κ1) is 15.2. The number of rotatable bonds is 3. The van der Waals surface area contributed by atoms with E-state index in [9.17, 15) is 0 Å². The van der Waals surface area contributed by atoms with Crippen LogP contribution in [-0.2, 0) is 7.05 Å². The number of nitrogens with one attached hydrogen (secondary N) is 1. The Balaban J connectivity index is 1.74. The van der Waals surface area contributed by atoms with E-state index in [0.717, 1.165) is 18.8 Å². The Hall–Kier alpha value is -2.39. The third-order valence-corrected chi connectivity index (χ3v) is 4.88. The van der Waals surface area contributed by atoms with Crippen LogP contribution in [0.4, 0.5) is 0 Å². The van der Waals surface area contributed by atoms with E-state index < -0.39 is 0 Å². The quantitative estimate of drug-likeness (QED) is 0.784. The van der Waals surface area contributed by atoms with Crippen LogP contribution in [0.2, 0.25) is 0 Å². The second-order valence-electron chi connectivity index (χ2n) is 6.58. The van der Waals surface area contributed by atoms with E-state index in [0.29, 0.717) is 5.92 Å². The van der Waals surface area contributed by atoms with Crippen molar-refractivity contribution in [1.29, 1.82) is 0 Å². The smallest absolute Gasteiger partial charge is 0.0958 e. The van der Waals surface area contributed by atoms with E-state index >= 15 is 0 Å². The molecule has 3 heteroatoms. The lowest BCUT2D eigenvalue weighted by atomic mass is 9.88. The van der Waals surface area contributed by atoms with Crippen molar-refractivity contribution in [3.05, 3.63) is 66.4 Å². The van der Waals surface area contributed by atoms with Gasteiger partial charge >= 0.3 is 0 Å². The molecule has 122 valence electrons. The molecule has 0 bridgehead atoms. The molecular formula is C21H23N3. The lowest BCUT2D eigenvalue weighted by Crippen LogP contribution is -2.26. The molecule has 0 radical (unpaired) electrons. The summed E-state index contributed by atoms with van der Waals surface area (Å²) in [6.45, 7) is 2.20. The highest BCUT2D eigenvalue weighted by molar-refractivity contribution is 5.73. The molecule has 3 nitrogen and oxygen atoms in total. The van der Waals surface area contributed by atoms with E-state index in [1.807, 2.05) is 11.7 Å². The third kappa shape index (κ3) is 3.00. The molecule has 4 rings (SSSR count). The van der Waals surface area contributed by atoms with Gasteiger partial charge in [-0.05, 0) is 49.0 Å². The standard InChI is InChI=1S/C21H23N3/c1-24-15-20(17-10-12-22-13-11-17)21(23-24)19-9-5-8-18(14-19)16-6-3-2-4-7-16/h2-9,14-15,17,22H,10-13H2,1H3. The fourth-order valence-electron chi connectivity index (χ4n) is 3.64. The van der Waals surface area contributed by atoms with Crippen LogP contribution in [0.3, 0.4) is 0 Å². The lowest BCUT2D eigenvalue weighted by molar-refractivity contribution is 0.461. The summed E-state index contributed by atoms with van der Waals surface area (Å²) < 4.78 is 1.96. The molecular weight excluding hydrogens is 294 g/mol. The number of piperidine rings is 1. The predicted molar refractivity (Wildman–Crippen MR) is 98.9 cm³/mol. The van der Waals surface area contributed by atoms with Crippen molar-refractivity contribution in [3.63, 3.8) is 0 Å². The van der Waals surface area contributed by atoms with Gasteiger partial charge in [0.25, 0.3) is 0 Å². The van der Waals surface area contributed by atoms with Gasteiger partial charge in [0.1, 0.15) is 0 Å². The molecule has 0 saturated carbocycles. The van der Waals surface area contributed by atoms with Crippen molar-refractivity contribution < 1.29 is 0 Å². The predicted octanol–water partition coefficient (Wildman–Crippen LogP) is 4.22. The van der Waals surface area contributed by atoms with Gasteiger partial charge in [0.15, 0.2) is 0 Å². The summed E-state index contributed by atoms with van der Waals surface area (Å²) in [5.41, 5.74) is 6.24. The van der Waals surface area contributed by atoms with Crippen LogP contribution in [0.15, 0.2) is 60.8 Å². The summed E-state index contributed by atoms with van der Waals surface area (Å²) in [5, 5.41) is 8.24. The number of aromatic nitrogens is 2. The monoisotopic (exact) mass is 317 g/mol. The van der Waals surface area contributed by atoms with Gasteiger partial charge in [-0.15, -0.1) is 0 Å². The minimum atomic E-state index is 0.607. The van der Waals surface area contributed by atoms with Gasteiger partial charge in [-0.1, -0.05) is 48.5 Å². The number of benzene rings is 2. The summed E-state index contributed by atoms with van der Waals surface area (Å²) in [6, 6.07) is 19.3. The Labute approximate surface area is 143 Å². The fraction of sp³-hybridized carbons (Fsp3) is 0.286. The number of hydrogen-bond donors (Lipinski definition) is 1. The first-order chi connectivity index (χ1) is 11.8. The first-order valence-electron chi connectivity index (χ1n) is 8.71. The molecule has 0 unspecified atom stereocenters. The highest BCUT2D eigenvalue weighted by Gasteiger charge is 2.21. The largest absolute Gasteiger partial charge is 0.317 e. The maximum atomic E-state index is 4.79. The van der Waals surface area contributed by atoms with Crippen molar-refractivity contribution in [3.8, 4) is 22.4 Å². The van der Waals surface area contributed by atoms with E-state index in [4.69, 9.17) is 5.10 Å². The Morgan fingerprint density at radius 3 is 2.42 bits per heavy atom. The van der Waals surface area contributed by atoms with Gasteiger partial charge in [-0.25, -0.2) is 0 Å². The molecule has 3 aromatic rings. The summed E-state index contributed by atoms with van der Waals surface area (Å²) in [4.78, 5) is 0. The summed E-state index contributed by atoms with van der Waals surface area (Å²) in [6.07, 6.45) is 4.59. The van der Waals surface area contributed by atoms with Crippen molar-refractivity contribution in [2.24, 2.45) is 7.05 Å². The molecule has 2 aromatic carbocycles. The van der Waals surface area contributed by atoms with E-state index in [1.54, 1.807) is 0 Å². The molecule has 1 fully saturated rings. The zero-order valence-corrected chi connectivity index (χ0v) is 14.1. The summed E-state index contributed by atoms with van der Waals surface area (Å²) >= 11 is 0. The van der Waals surface area contributed by atoms with Crippen molar-refractivity contribution >= 4 is 0 Å². The topological polar surface area (TPSA) is 29.9 Å². The van der Waals surface area contributed by atoms with Crippen LogP contribution >= 0.6 is 0 Å². The van der Waals surface area contributed by atoms with Crippen LogP contribution in [-0.4, -0.2) is 22.9 Å². The highest BCUT2D eigenvalue weighted by atomic mass is 15.3. The minimum Gasteiger partial charge on any atom is -0.317 e. The molecule has 1 aliphatic rings. The fourth-order valence-corrected chi connectivity index (χ4v) is 3.64. The molecule has 0 atom stereocenters. The Morgan fingerprint density at radius 1 is 0.917 bits per heavy atom. The van der Waals surface area contributed by atoms with Gasteiger partial charge in [0.2, 0.25) is 0 Å². The molecule has 1 saturated heterocycles. The second kappa shape index (κ2) is 6.62. The van der Waals surface area contributed by atoms with Gasteiger partial charge in [-0.3, -0.25) is 4.68 Å². The van der Waals surface area contributed by atoms with Crippen LogP contribution in [0.1, 0.15) is 24.3 Å². The molecule has 2 heterocycles. The Kier molecular flexibility index (Phi) is 4.18. The Bertz CT molecular complexity index is 814. The third-order valence-electron chi connectivity index (χ3n) is 4.88. The molecule has 1 N–H and O–H groups in total. The SMILES string of the molecule is Cn1cc(C2CCNCC2)c(-c2cccc(-c3ccccc3)c2)n1. The number of aryl methyl sites for hydroxylation is 1. The summed E-state index contributed by atoms with van der Waals surface area (Å²) in [5.74, 6) is 0.607. The van der Waals surface area contributed by atoms with Crippen molar-refractivity contribution in [2.45, 2.75) is 18.8 Å². The zero-order valence-electron chi connectivity index (χ0n) is 14.1. The van der Waals surface area contributed by atoms with Gasteiger partial charge in [0, 0.05) is 24.4 Å². The van der Waals surface area contributed by atoms with Crippen LogP contribution in [0.5, 0.6) is 0 Å². The zero-order chi connectivity index (χ0) is 16.4. The van der Waals surface area contributed by atoms with Gasteiger partial charge < -0.3 is 5.32 Å². The van der Waals surface area contributed by atoms with Crippen LogP contribution in [0, 0.1) is 0 Å². The molecule has 0 aliphatic carbocycles. The molecule has 0 amide bonds. The maximum absolute atomic E-state index is 4.79. The lowest BCUT2D eigenvalue weighted by Gasteiger charge is -2.22. The van der Waals surface area contributed by atoms with Crippen molar-refractivity contribution in [2.75, 3.05) is 13.1 Å². The van der Waals surface area contributed by atoms with Gasteiger partial charge in [-0.2, -0.15) is 5.10 Å². The molecule has 0 spiro atoms. The average molecular weight is 317 g/mol. The number of hydrogen-bond acceptors (Lipinski definition) is 2. The average Bonchev–Trinajstić information content (AvgIpc) is 3.05. The van der Waals surface area contributed by atoms with Crippen LogP contribution in [0.25, 0.3) is 22.4 Å². The minimum absolute atomic E-state index is 0.607. The van der Waals surface area contributed by atoms with E-state index in [1.165, 1.54) is 35.1 Å². The normalized spacial score (nSPS) is 15.5. The molecule has 24 heavy (non-hydrogen) atoms. The highest BCUT2D eigenvalue weighted by Crippen LogP contribution is 2.34. The first-order valence-corrected chi connectivity index (χ1v) is 8.71. The second-order valence-corrected chi connectivity index (χ2v) is 6.58. The molecule has 1 aromatic heterocycles. The van der Waals surface area contributed by atoms with E-state index in [2.05, 4.69) is 66.1 Å². The van der Waals surface area contributed by atoms with Gasteiger partial charge in [0.05, 0.1) is 5.69 Å². The molecule has 1 aliphatic heterocycles. The van der Waals surface area contributed by atoms with Crippen LogP contribution < -0.4 is 5.32 Å². The maximum Gasteiger partial charge on any atom is 0.0958 e.